The van der Waals surface area contributed by atoms with Crippen molar-refractivity contribution in [1.82, 2.24) is 0 Å². The van der Waals surface area contributed by atoms with Crippen molar-refractivity contribution >= 4 is 13.6 Å². The van der Waals surface area contributed by atoms with Gasteiger partial charge in [-0.25, -0.2) is 4.79 Å². The maximum Gasteiger partial charge on any atom is 0.397 e. The first kappa shape index (κ1) is 23.6. The van der Waals surface area contributed by atoms with Gasteiger partial charge in [0.2, 0.25) is 0 Å². The Morgan fingerprint density at radius 2 is 1.25 bits per heavy atom. The summed E-state index contributed by atoms with van der Waals surface area (Å²) in [7, 11) is -0.195. The fraction of sp³-hybridized carbons (Fsp3) is 0.941. The zero-order chi connectivity index (χ0) is 18.9. The van der Waals surface area contributed by atoms with Crippen molar-refractivity contribution in [2.45, 2.75) is 82.8 Å². The lowest BCUT2D eigenvalue weighted by molar-refractivity contribution is -0.900. The first-order chi connectivity index (χ1) is 11.0. The van der Waals surface area contributed by atoms with Crippen molar-refractivity contribution < 1.29 is 28.7 Å². The highest BCUT2D eigenvalue weighted by atomic mass is 31.2. The fourth-order valence-corrected chi connectivity index (χ4v) is 4.73. The number of aliphatic carboxylic acids is 1. The Labute approximate surface area is 147 Å². The molecular weight excluding hydrogens is 329 g/mol. The van der Waals surface area contributed by atoms with E-state index >= 15 is 0 Å². The average molecular weight is 366 g/mol. The second-order valence-corrected chi connectivity index (χ2v) is 9.44. The molecule has 1 unspecified atom stereocenters. The average Bonchev–Trinajstić information content (AvgIpc) is 2.41. The summed E-state index contributed by atoms with van der Waals surface area (Å²) in [6.07, 6.45) is 10.9. The molecule has 0 saturated carbocycles. The fourth-order valence-electron chi connectivity index (χ4n) is 3.25. The van der Waals surface area contributed by atoms with E-state index < -0.39 is 18.8 Å². The number of unbranched alkanes of at least 4 members (excludes halogenated alkanes) is 9. The van der Waals surface area contributed by atoms with Crippen LogP contribution in [0.2, 0.25) is 0 Å². The highest BCUT2D eigenvalue weighted by Crippen LogP contribution is 2.56. The molecular formula is C17H37NO5P+. The lowest BCUT2D eigenvalue weighted by atomic mass is 10.0. The molecule has 0 heterocycles. The number of nitrogens with zero attached hydrogens (tertiary/aromatic N) is 1. The van der Waals surface area contributed by atoms with Gasteiger partial charge in [-0.15, -0.1) is 0 Å². The van der Waals surface area contributed by atoms with Crippen LogP contribution in [0.5, 0.6) is 0 Å². The summed E-state index contributed by atoms with van der Waals surface area (Å²) < 4.78 is 11.6. The monoisotopic (exact) mass is 366 g/mol. The summed E-state index contributed by atoms with van der Waals surface area (Å²) in [4.78, 5) is 31.1. The highest BCUT2D eigenvalue weighted by molar-refractivity contribution is 7.54. The van der Waals surface area contributed by atoms with Crippen LogP contribution in [-0.4, -0.2) is 51.8 Å². The van der Waals surface area contributed by atoms with Gasteiger partial charge in [0, 0.05) is 6.42 Å². The normalized spacial score (nSPS) is 15.2. The molecule has 0 fully saturated rings. The quantitative estimate of drug-likeness (QED) is 0.246. The van der Waals surface area contributed by atoms with E-state index in [0.29, 0.717) is 6.42 Å². The third-order valence-corrected chi connectivity index (χ3v) is 6.79. The molecule has 0 aliphatic carbocycles. The van der Waals surface area contributed by atoms with E-state index in [1.807, 2.05) is 0 Å². The molecule has 0 aromatic heterocycles. The standard InChI is InChI=1S/C17H36NO5P/c1-5-6-7-8-9-10-11-12-13-14-15-17(16(19)20,18(2,3)4)24(21,22)23/h5-15H2,1-4H3,(H2-,19,20,21,22,23)/p+1. The summed E-state index contributed by atoms with van der Waals surface area (Å²) >= 11 is 0. The topological polar surface area (TPSA) is 94.8 Å². The molecule has 0 aliphatic rings. The molecule has 0 amide bonds. The van der Waals surface area contributed by atoms with Crippen LogP contribution in [0.3, 0.4) is 0 Å². The van der Waals surface area contributed by atoms with Crippen LogP contribution in [0, 0.1) is 0 Å². The number of quaternary nitrogens is 1. The number of carboxylic acids is 1. The number of hydrogen-bond donors (Lipinski definition) is 3. The van der Waals surface area contributed by atoms with E-state index in [9.17, 15) is 24.3 Å². The molecule has 0 rings (SSSR count). The molecule has 0 radical (unpaired) electrons. The van der Waals surface area contributed by atoms with Gasteiger partial charge in [0.15, 0.2) is 0 Å². The van der Waals surface area contributed by atoms with Crippen LogP contribution in [0.25, 0.3) is 0 Å². The van der Waals surface area contributed by atoms with Crippen molar-refractivity contribution in [2.24, 2.45) is 0 Å². The van der Waals surface area contributed by atoms with Crippen LogP contribution in [0.1, 0.15) is 77.6 Å². The smallest absolute Gasteiger partial charge is 0.397 e. The Hall–Kier alpha value is -0.420. The first-order valence-corrected chi connectivity index (χ1v) is 10.7. The van der Waals surface area contributed by atoms with Crippen molar-refractivity contribution in [1.29, 1.82) is 0 Å². The summed E-state index contributed by atoms with van der Waals surface area (Å²) in [5.74, 6) is -1.42. The van der Waals surface area contributed by atoms with Crippen LogP contribution in [0.15, 0.2) is 0 Å². The van der Waals surface area contributed by atoms with Gasteiger partial charge in [-0.2, -0.15) is 0 Å². The Morgan fingerprint density at radius 3 is 1.54 bits per heavy atom. The second-order valence-electron chi connectivity index (χ2n) is 7.61. The predicted molar refractivity (Wildman–Crippen MR) is 96.9 cm³/mol. The first-order valence-electron chi connectivity index (χ1n) is 9.11. The Morgan fingerprint density at radius 1 is 0.875 bits per heavy atom. The predicted octanol–water partition coefficient (Wildman–Crippen LogP) is 3.96. The van der Waals surface area contributed by atoms with Crippen molar-refractivity contribution in [2.75, 3.05) is 21.1 Å². The van der Waals surface area contributed by atoms with Gasteiger partial charge >= 0.3 is 13.6 Å². The minimum Gasteiger partial charge on any atom is -0.476 e. The molecule has 0 spiro atoms. The van der Waals surface area contributed by atoms with Gasteiger partial charge in [-0.1, -0.05) is 64.7 Å². The second kappa shape index (κ2) is 10.5. The molecule has 0 saturated heterocycles. The SMILES string of the molecule is CCCCCCCCCCCCC(C(=O)O)([N+](C)(C)C)P(=O)(O)O. The molecule has 6 nitrogen and oxygen atoms in total. The van der Waals surface area contributed by atoms with Crippen LogP contribution < -0.4 is 0 Å². The number of carbonyl (C=O) groups is 1. The van der Waals surface area contributed by atoms with Crippen LogP contribution >= 0.6 is 7.60 Å². The Kier molecular flexibility index (Phi) is 10.4. The minimum absolute atomic E-state index is 0.00733. The van der Waals surface area contributed by atoms with Crippen molar-refractivity contribution in [3.05, 3.63) is 0 Å². The number of carboxylic acid groups (broad SMARTS) is 1. The van der Waals surface area contributed by atoms with Crippen molar-refractivity contribution in [3.63, 3.8) is 0 Å². The molecule has 24 heavy (non-hydrogen) atoms. The number of hydrogen-bond acceptors (Lipinski definition) is 2. The van der Waals surface area contributed by atoms with Gasteiger partial charge in [0.05, 0.1) is 21.1 Å². The molecule has 1 atom stereocenters. The maximum atomic E-state index is 11.9. The molecule has 144 valence electrons. The highest BCUT2D eigenvalue weighted by Gasteiger charge is 2.63. The molecule has 7 heteroatoms. The van der Waals surface area contributed by atoms with Gasteiger partial charge in [0.1, 0.15) is 0 Å². The Balaban J connectivity index is 4.33. The molecule has 3 N–H and O–H groups in total. The van der Waals surface area contributed by atoms with E-state index in [2.05, 4.69) is 6.92 Å². The largest absolute Gasteiger partial charge is 0.476 e. The van der Waals surface area contributed by atoms with Gasteiger partial charge in [-0.3, -0.25) is 4.57 Å². The summed E-state index contributed by atoms with van der Waals surface area (Å²) in [6, 6.07) is 0. The van der Waals surface area contributed by atoms with Gasteiger partial charge < -0.3 is 19.4 Å². The lowest BCUT2D eigenvalue weighted by Crippen LogP contribution is -2.61. The third kappa shape index (κ3) is 6.83. The summed E-state index contributed by atoms with van der Waals surface area (Å²) in [5.41, 5.74) is 0. The van der Waals surface area contributed by atoms with Crippen LogP contribution in [0.4, 0.5) is 0 Å². The van der Waals surface area contributed by atoms with Gasteiger partial charge in [-0.05, 0) is 6.42 Å². The van der Waals surface area contributed by atoms with E-state index in [-0.39, 0.29) is 10.9 Å². The number of rotatable bonds is 14. The minimum atomic E-state index is -4.79. The maximum absolute atomic E-state index is 11.9. The van der Waals surface area contributed by atoms with E-state index in [1.165, 1.54) is 59.7 Å². The summed E-state index contributed by atoms with van der Waals surface area (Å²) in [5, 5.41) is 7.47. The Bertz CT molecular complexity index is 416. The van der Waals surface area contributed by atoms with E-state index in [1.54, 1.807) is 0 Å². The van der Waals surface area contributed by atoms with Gasteiger partial charge in [0.25, 0.3) is 5.28 Å². The third-order valence-electron chi connectivity index (χ3n) is 4.81. The molecule has 0 aromatic carbocycles. The summed E-state index contributed by atoms with van der Waals surface area (Å²) in [6.45, 7) is 2.20. The van der Waals surface area contributed by atoms with Crippen LogP contribution in [-0.2, 0) is 9.36 Å². The molecule has 0 aromatic rings. The lowest BCUT2D eigenvalue weighted by Gasteiger charge is -2.42. The zero-order valence-electron chi connectivity index (χ0n) is 15.8. The van der Waals surface area contributed by atoms with E-state index in [4.69, 9.17) is 0 Å². The molecule has 0 bridgehead atoms. The number of likely N-dealkylation sites (N-methyl/N-ethyl adjacent to an activating group) is 1. The van der Waals surface area contributed by atoms with E-state index in [0.717, 1.165) is 19.3 Å². The molecule has 0 aliphatic heterocycles. The zero-order valence-corrected chi connectivity index (χ0v) is 16.7. The van der Waals surface area contributed by atoms with Crippen molar-refractivity contribution in [3.8, 4) is 0 Å².